The molecule has 0 amide bonds. The van der Waals surface area contributed by atoms with E-state index in [0.717, 1.165) is 11.2 Å². The van der Waals surface area contributed by atoms with Crippen molar-refractivity contribution in [1.82, 2.24) is 9.55 Å². The molecule has 3 rings (SSSR count). The summed E-state index contributed by atoms with van der Waals surface area (Å²) in [6, 6.07) is 12.6. The van der Waals surface area contributed by atoms with E-state index in [4.69, 9.17) is 5.73 Å². The number of hydrogen-bond donors (Lipinski definition) is 1. The summed E-state index contributed by atoms with van der Waals surface area (Å²) in [6.07, 6.45) is 1.92. The minimum atomic E-state index is 0.239. The van der Waals surface area contributed by atoms with E-state index in [0.29, 0.717) is 0 Å². The SMILES string of the molecule is Cc1cc2ncn(C(C)c3ccc(N)cc3)c2cc1C. The van der Waals surface area contributed by atoms with Gasteiger partial charge >= 0.3 is 0 Å². The zero-order valence-electron chi connectivity index (χ0n) is 12.1. The molecule has 0 radical (unpaired) electrons. The summed E-state index contributed by atoms with van der Waals surface area (Å²) in [5, 5.41) is 0. The Morgan fingerprint density at radius 1 is 1.05 bits per heavy atom. The standard InChI is InChI=1S/C17H19N3/c1-11-8-16-17(9-12(11)2)20(10-19-16)13(3)14-4-6-15(18)7-5-14/h4-10,13H,18H2,1-3H3. The first-order valence-corrected chi connectivity index (χ1v) is 6.85. The lowest BCUT2D eigenvalue weighted by Gasteiger charge is -2.15. The Kier molecular flexibility index (Phi) is 2.97. The van der Waals surface area contributed by atoms with Crippen molar-refractivity contribution in [3.05, 3.63) is 59.4 Å². The van der Waals surface area contributed by atoms with Crippen molar-refractivity contribution >= 4 is 16.7 Å². The number of fused-ring (bicyclic) bond motifs is 1. The number of imidazole rings is 1. The zero-order chi connectivity index (χ0) is 14.3. The summed E-state index contributed by atoms with van der Waals surface area (Å²) in [6.45, 7) is 6.44. The summed E-state index contributed by atoms with van der Waals surface area (Å²) in [4.78, 5) is 4.52. The van der Waals surface area contributed by atoms with Crippen LogP contribution in [0.1, 0.15) is 29.7 Å². The minimum absolute atomic E-state index is 0.239. The van der Waals surface area contributed by atoms with Gasteiger partial charge in [0.25, 0.3) is 0 Å². The van der Waals surface area contributed by atoms with Crippen molar-refractivity contribution in [3.63, 3.8) is 0 Å². The molecule has 0 aliphatic carbocycles. The summed E-state index contributed by atoms with van der Waals surface area (Å²) >= 11 is 0. The van der Waals surface area contributed by atoms with Crippen LogP contribution >= 0.6 is 0 Å². The Labute approximate surface area is 119 Å². The molecule has 2 aromatic carbocycles. The summed E-state index contributed by atoms with van der Waals surface area (Å²) in [5.74, 6) is 0. The minimum Gasteiger partial charge on any atom is -0.399 e. The molecule has 20 heavy (non-hydrogen) atoms. The number of nitrogen functional groups attached to an aromatic ring is 1. The molecule has 0 saturated heterocycles. The van der Waals surface area contributed by atoms with Gasteiger partial charge in [-0.1, -0.05) is 12.1 Å². The van der Waals surface area contributed by atoms with Crippen LogP contribution in [0.2, 0.25) is 0 Å². The highest BCUT2D eigenvalue weighted by atomic mass is 15.1. The number of aryl methyl sites for hydroxylation is 2. The largest absolute Gasteiger partial charge is 0.399 e. The molecule has 0 fully saturated rings. The third-order valence-corrected chi connectivity index (χ3v) is 4.03. The van der Waals surface area contributed by atoms with Gasteiger partial charge in [-0.25, -0.2) is 4.98 Å². The second-order valence-electron chi connectivity index (χ2n) is 5.42. The highest BCUT2D eigenvalue weighted by Gasteiger charge is 2.12. The van der Waals surface area contributed by atoms with E-state index in [1.807, 2.05) is 18.5 Å². The maximum absolute atomic E-state index is 5.75. The van der Waals surface area contributed by atoms with Gasteiger partial charge in [0.2, 0.25) is 0 Å². The molecule has 1 aromatic heterocycles. The average molecular weight is 265 g/mol. The van der Waals surface area contributed by atoms with E-state index >= 15 is 0 Å². The number of nitrogens with zero attached hydrogens (tertiary/aromatic N) is 2. The van der Waals surface area contributed by atoms with Crippen LogP contribution in [-0.4, -0.2) is 9.55 Å². The van der Waals surface area contributed by atoms with E-state index in [2.05, 4.69) is 54.6 Å². The maximum Gasteiger partial charge on any atom is 0.0964 e. The lowest BCUT2D eigenvalue weighted by Crippen LogP contribution is -2.05. The summed E-state index contributed by atoms with van der Waals surface area (Å²) in [5.41, 5.74) is 12.6. The summed E-state index contributed by atoms with van der Waals surface area (Å²) in [7, 11) is 0. The van der Waals surface area contributed by atoms with Crippen LogP contribution in [0.25, 0.3) is 11.0 Å². The molecule has 0 bridgehead atoms. The Morgan fingerprint density at radius 2 is 1.70 bits per heavy atom. The van der Waals surface area contributed by atoms with Gasteiger partial charge in [-0.05, 0) is 61.7 Å². The predicted octanol–water partition coefficient (Wildman–Crippen LogP) is 3.84. The monoisotopic (exact) mass is 265 g/mol. The second-order valence-corrected chi connectivity index (χ2v) is 5.42. The predicted molar refractivity (Wildman–Crippen MR) is 83.9 cm³/mol. The topological polar surface area (TPSA) is 43.8 Å². The average Bonchev–Trinajstić information content (AvgIpc) is 2.82. The van der Waals surface area contributed by atoms with Crippen LogP contribution < -0.4 is 5.73 Å². The molecular weight excluding hydrogens is 246 g/mol. The van der Waals surface area contributed by atoms with Gasteiger partial charge in [0.05, 0.1) is 23.4 Å². The molecule has 0 saturated carbocycles. The van der Waals surface area contributed by atoms with Gasteiger partial charge in [0, 0.05) is 5.69 Å². The Hall–Kier alpha value is -2.29. The zero-order valence-corrected chi connectivity index (χ0v) is 12.1. The van der Waals surface area contributed by atoms with Crippen molar-refractivity contribution in [2.24, 2.45) is 0 Å². The first-order chi connectivity index (χ1) is 9.56. The van der Waals surface area contributed by atoms with Crippen LogP contribution in [0.15, 0.2) is 42.7 Å². The lowest BCUT2D eigenvalue weighted by molar-refractivity contribution is 0.658. The number of anilines is 1. The summed E-state index contributed by atoms with van der Waals surface area (Å²) < 4.78 is 2.22. The fourth-order valence-corrected chi connectivity index (χ4v) is 2.53. The van der Waals surface area contributed by atoms with E-state index < -0.39 is 0 Å². The Balaban J connectivity index is 2.09. The van der Waals surface area contributed by atoms with E-state index in [1.54, 1.807) is 0 Å². The normalized spacial score (nSPS) is 12.8. The quantitative estimate of drug-likeness (QED) is 0.715. The number of nitrogens with two attached hydrogens (primary N) is 1. The molecule has 102 valence electrons. The molecule has 3 heteroatoms. The molecule has 1 atom stereocenters. The lowest BCUT2D eigenvalue weighted by atomic mass is 10.1. The van der Waals surface area contributed by atoms with Gasteiger partial charge < -0.3 is 10.3 Å². The van der Waals surface area contributed by atoms with E-state index in [1.165, 1.54) is 22.2 Å². The number of aromatic nitrogens is 2. The van der Waals surface area contributed by atoms with Crippen molar-refractivity contribution in [1.29, 1.82) is 0 Å². The maximum atomic E-state index is 5.75. The molecule has 0 spiro atoms. The fourth-order valence-electron chi connectivity index (χ4n) is 2.53. The van der Waals surface area contributed by atoms with Crippen LogP contribution in [-0.2, 0) is 0 Å². The van der Waals surface area contributed by atoms with Gasteiger partial charge in [-0.15, -0.1) is 0 Å². The first kappa shape index (κ1) is 12.7. The third kappa shape index (κ3) is 2.05. The van der Waals surface area contributed by atoms with Gasteiger partial charge in [0.1, 0.15) is 0 Å². The molecule has 2 N–H and O–H groups in total. The van der Waals surface area contributed by atoms with Crippen LogP contribution in [0.4, 0.5) is 5.69 Å². The molecule has 1 unspecified atom stereocenters. The number of hydrogen-bond acceptors (Lipinski definition) is 2. The van der Waals surface area contributed by atoms with Crippen molar-refractivity contribution in [2.45, 2.75) is 26.8 Å². The van der Waals surface area contributed by atoms with Gasteiger partial charge in [-0.3, -0.25) is 0 Å². The van der Waals surface area contributed by atoms with Gasteiger partial charge in [0.15, 0.2) is 0 Å². The molecule has 3 nitrogen and oxygen atoms in total. The first-order valence-electron chi connectivity index (χ1n) is 6.85. The van der Waals surface area contributed by atoms with Crippen LogP contribution in [0.3, 0.4) is 0 Å². The van der Waals surface area contributed by atoms with Crippen molar-refractivity contribution in [3.8, 4) is 0 Å². The molecule has 0 aliphatic heterocycles. The smallest absolute Gasteiger partial charge is 0.0964 e. The Morgan fingerprint density at radius 3 is 2.40 bits per heavy atom. The van der Waals surface area contributed by atoms with Gasteiger partial charge in [-0.2, -0.15) is 0 Å². The van der Waals surface area contributed by atoms with E-state index in [-0.39, 0.29) is 6.04 Å². The number of rotatable bonds is 2. The molecule has 1 heterocycles. The highest BCUT2D eigenvalue weighted by Crippen LogP contribution is 2.25. The highest BCUT2D eigenvalue weighted by molar-refractivity contribution is 5.77. The second kappa shape index (κ2) is 4.67. The fraction of sp³-hybridized carbons (Fsp3) is 0.235. The van der Waals surface area contributed by atoms with Crippen molar-refractivity contribution < 1.29 is 0 Å². The van der Waals surface area contributed by atoms with E-state index in [9.17, 15) is 0 Å². The van der Waals surface area contributed by atoms with Crippen molar-refractivity contribution in [2.75, 3.05) is 5.73 Å². The Bertz CT molecular complexity index is 754. The van der Waals surface area contributed by atoms with Crippen LogP contribution in [0, 0.1) is 13.8 Å². The molecule has 3 aromatic rings. The van der Waals surface area contributed by atoms with Crippen LogP contribution in [0.5, 0.6) is 0 Å². The molecule has 0 aliphatic rings. The molecular formula is C17H19N3. The third-order valence-electron chi connectivity index (χ3n) is 4.03. The number of benzene rings is 2.